The van der Waals surface area contributed by atoms with Gasteiger partial charge in [-0.1, -0.05) is 170 Å². The van der Waals surface area contributed by atoms with Crippen LogP contribution in [0.1, 0.15) is 16.7 Å². The molecule has 0 N–H and O–H groups in total. The normalized spacial score (nSPS) is 11.6. The molecule has 0 fully saturated rings. The monoisotopic (exact) mass is 906 g/mol. The van der Waals surface area contributed by atoms with Crippen molar-refractivity contribution in [3.8, 4) is 79.1 Å². The third-order valence-corrected chi connectivity index (χ3v) is 13.4. The maximum atomic E-state index is 14.7. The summed E-state index contributed by atoms with van der Waals surface area (Å²) in [6.45, 7) is 0. The number of halogens is 3. The van der Waals surface area contributed by atoms with Gasteiger partial charge in [0.25, 0.3) is 0 Å². The fraction of sp³-hybridized carbons (Fsp3) is 0.0159. The van der Waals surface area contributed by atoms with Gasteiger partial charge in [-0.2, -0.15) is 23.7 Å². The van der Waals surface area contributed by atoms with Gasteiger partial charge in [0.2, 0.25) is 0 Å². The standard InChI is InChI=1S/C63H37F3N4/c64-63(65,66)51-30-40(38-67)29-49(31-51)56-37-62(70-59-34-47(43-17-9-3-10-18-43)23-27-54(59)55-28-24-48(35-60(55)70)44-19-11-4-12-20-44)61(36-50(56)39-68)69-57-32-45(41-13-5-1-6-14-41)21-25-52(57)53-26-22-46(33-58(53)69)42-15-7-2-8-16-42/h1-37H. The summed E-state index contributed by atoms with van der Waals surface area (Å²) in [5, 5.41) is 25.2. The molecule has 330 valence electrons. The van der Waals surface area contributed by atoms with Gasteiger partial charge in [0.05, 0.1) is 62.3 Å². The molecule has 0 aliphatic carbocycles. The van der Waals surface area contributed by atoms with Crippen LogP contribution in [0.5, 0.6) is 0 Å². The Balaban J connectivity index is 1.27. The smallest absolute Gasteiger partial charge is 0.307 e. The highest BCUT2D eigenvalue weighted by atomic mass is 19.4. The fourth-order valence-electron chi connectivity index (χ4n) is 10.1. The molecule has 0 amide bonds. The van der Waals surface area contributed by atoms with Crippen molar-refractivity contribution in [3.63, 3.8) is 0 Å². The number of alkyl halides is 3. The van der Waals surface area contributed by atoms with E-state index in [4.69, 9.17) is 0 Å². The number of nitriles is 2. The van der Waals surface area contributed by atoms with Crippen molar-refractivity contribution in [2.75, 3.05) is 0 Å². The van der Waals surface area contributed by atoms with E-state index >= 15 is 0 Å². The fourth-order valence-corrected chi connectivity index (χ4v) is 10.1. The quantitative estimate of drug-likeness (QED) is 0.160. The molecule has 0 radical (unpaired) electrons. The molecule has 12 aromatic rings. The van der Waals surface area contributed by atoms with Gasteiger partial charge < -0.3 is 9.13 Å². The van der Waals surface area contributed by atoms with Crippen LogP contribution in [0.15, 0.2) is 224 Å². The average molecular weight is 907 g/mol. The molecule has 12 rings (SSSR count). The van der Waals surface area contributed by atoms with Gasteiger partial charge in [-0.15, -0.1) is 0 Å². The molecule has 0 aliphatic heterocycles. The van der Waals surface area contributed by atoms with Gasteiger partial charge in [0.15, 0.2) is 0 Å². The van der Waals surface area contributed by atoms with E-state index in [0.717, 1.165) is 100 Å². The maximum Gasteiger partial charge on any atom is 0.416 e. The lowest BCUT2D eigenvalue weighted by molar-refractivity contribution is -0.137. The van der Waals surface area contributed by atoms with Crippen LogP contribution in [0.4, 0.5) is 13.2 Å². The van der Waals surface area contributed by atoms with E-state index in [1.165, 1.54) is 6.07 Å². The van der Waals surface area contributed by atoms with Gasteiger partial charge in [0.1, 0.15) is 0 Å². The molecule has 7 heteroatoms. The molecule has 0 saturated carbocycles. The summed E-state index contributed by atoms with van der Waals surface area (Å²) in [4.78, 5) is 0. The molecule has 0 unspecified atom stereocenters. The van der Waals surface area contributed by atoms with Crippen LogP contribution in [0.3, 0.4) is 0 Å². The molecule has 0 atom stereocenters. The van der Waals surface area contributed by atoms with Crippen molar-refractivity contribution in [2.45, 2.75) is 6.18 Å². The predicted octanol–water partition coefficient (Wildman–Crippen LogP) is 17.0. The Morgan fingerprint density at radius 3 is 1.01 bits per heavy atom. The van der Waals surface area contributed by atoms with E-state index < -0.39 is 11.7 Å². The zero-order valence-corrected chi connectivity index (χ0v) is 37.3. The van der Waals surface area contributed by atoms with Crippen LogP contribution < -0.4 is 0 Å². The molecular weight excluding hydrogens is 870 g/mol. The van der Waals surface area contributed by atoms with Crippen molar-refractivity contribution < 1.29 is 13.2 Å². The largest absolute Gasteiger partial charge is 0.416 e. The Hall–Kier alpha value is -9.43. The Kier molecular flexibility index (Phi) is 10.0. The van der Waals surface area contributed by atoms with Gasteiger partial charge in [-0.3, -0.25) is 0 Å². The number of fused-ring (bicyclic) bond motifs is 6. The zero-order chi connectivity index (χ0) is 47.5. The highest BCUT2D eigenvalue weighted by Crippen LogP contribution is 2.45. The average Bonchev–Trinajstić information content (AvgIpc) is 3.92. The van der Waals surface area contributed by atoms with Crippen molar-refractivity contribution in [1.29, 1.82) is 10.5 Å². The summed E-state index contributed by atoms with van der Waals surface area (Å²) < 4.78 is 48.4. The Labute approximate surface area is 401 Å². The van der Waals surface area contributed by atoms with E-state index in [1.54, 1.807) is 6.07 Å². The summed E-state index contributed by atoms with van der Waals surface area (Å²) in [5.41, 5.74) is 12.1. The SMILES string of the molecule is N#Cc1cc(-c2cc(-n3c4cc(-c5ccccc5)ccc4c4ccc(-c5ccccc5)cc43)c(-n3c4cc(-c5ccccc5)ccc4c4ccc(-c5ccccc5)cc43)cc2C#N)cc(C(F)(F)F)c1. The van der Waals surface area contributed by atoms with Gasteiger partial charge in [0, 0.05) is 27.1 Å². The van der Waals surface area contributed by atoms with Crippen LogP contribution in [0, 0.1) is 22.7 Å². The Morgan fingerprint density at radius 1 is 0.329 bits per heavy atom. The third-order valence-electron chi connectivity index (χ3n) is 13.4. The van der Waals surface area contributed by atoms with Crippen molar-refractivity contribution in [1.82, 2.24) is 9.13 Å². The van der Waals surface area contributed by atoms with Crippen molar-refractivity contribution in [2.24, 2.45) is 0 Å². The lowest BCUT2D eigenvalue weighted by Gasteiger charge is -2.20. The molecule has 10 aromatic carbocycles. The second-order valence-electron chi connectivity index (χ2n) is 17.5. The van der Waals surface area contributed by atoms with Crippen LogP contribution in [-0.4, -0.2) is 9.13 Å². The Bertz CT molecular complexity index is 3910. The molecule has 4 nitrogen and oxygen atoms in total. The molecule has 2 aromatic heterocycles. The summed E-state index contributed by atoms with van der Waals surface area (Å²) >= 11 is 0. The topological polar surface area (TPSA) is 57.4 Å². The minimum atomic E-state index is -4.75. The van der Waals surface area contributed by atoms with E-state index in [0.29, 0.717) is 11.4 Å². The first-order valence-corrected chi connectivity index (χ1v) is 22.8. The lowest BCUT2D eigenvalue weighted by atomic mass is 9.94. The van der Waals surface area contributed by atoms with Crippen molar-refractivity contribution in [3.05, 3.63) is 241 Å². The summed E-state index contributed by atoms with van der Waals surface area (Å²) in [7, 11) is 0. The molecule has 2 heterocycles. The van der Waals surface area contributed by atoms with Crippen molar-refractivity contribution >= 4 is 43.6 Å². The lowest BCUT2D eigenvalue weighted by Crippen LogP contribution is -2.07. The van der Waals surface area contributed by atoms with Gasteiger partial charge >= 0.3 is 6.18 Å². The minimum absolute atomic E-state index is 0.103. The first kappa shape index (κ1) is 42.0. The number of nitrogens with zero attached hydrogens (tertiary/aromatic N) is 4. The molecular formula is C63H37F3N4. The predicted molar refractivity (Wildman–Crippen MR) is 277 cm³/mol. The Morgan fingerprint density at radius 2 is 0.686 bits per heavy atom. The van der Waals surface area contributed by atoms with E-state index in [2.05, 4.69) is 137 Å². The summed E-state index contributed by atoms with van der Waals surface area (Å²) in [6, 6.07) is 77.6. The first-order valence-electron chi connectivity index (χ1n) is 22.8. The molecule has 0 saturated heterocycles. The van der Waals surface area contributed by atoms with E-state index in [1.807, 2.05) is 84.9 Å². The molecule has 0 aliphatic rings. The third kappa shape index (κ3) is 7.17. The van der Waals surface area contributed by atoms with Gasteiger partial charge in [-0.05, 0) is 105 Å². The highest BCUT2D eigenvalue weighted by molar-refractivity contribution is 6.14. The zero-order valence-electron chi connectivity index (χ0n) is 37.3. The van der Waals surface area contributed by atoms with Gasteiger partial charge in [-0.25, -0.2) is 0 Å². The minimum Gasteiger partial charge on any atom is -0.307 e. The van der Waals surface area contributed by atoms with Crippen LogP contribution in [0.2, 0.25) is 0 Å². The second kappa shape index (κ2) is 16.7. The number of hydrogen-bond donors (Lipinski definition) is 0. The maximum absolute atomic E-state index is 14.7. The molecule has 0 spiro atoms. The number of aromatic nitrogens is 2. The van der Waals surface area contributed by atoms with Crippen LogP contribution in [-0.2, 0) is 6.18 Å². The van der Waals surface area contributed by atoms with E-state index in [-0.39, 0.29) is 22.3 Å². The highest BCUT2D eigenvalue weighted by Gasteiger charge is 2.32. The number of rotatable bonds is 7. The van der Waals surface area contributed by atoms with E-state index in [9.17, 15) is 23.7 Å². The molecule has 0 bridgehead atoms. The van der Waals surface area contributed by atoms with Crippen LogP contribution in [0.25, 0.3) is 111 Å². The summed E-state index contributed by atoms with van der Waals surface area (Å²) in [5.74, 6) is 0. The second-order valence-corrected chi connectivity index (χ2v) is 17.5. The first-order chi connectivity index (χ1) is 34.2. The number of benzene rings is 10. The summed E-state index contributed by atoms with van der Waals surface area (Å²) in [6.07, 6.45) is -4.75. The van der Waals surface area contributed by atoms with Crippen LogP contribution >= 0.6 is 0 Å². The molecule has 70 heavy (non-hydrogen) atoms. The number of hydrogen-bond acceptors (Lipinski definition) is 2.